The molecule has 0 aliphatic rings. The summed E-state index contributed by atoms with van der Waals surface area (Å²) in [5, 5.41) is 11.8. The maximum atomic E-state index is 12.1. The number of nitrogens with two attached hydrogens (primary N) is 1. The summed E-state index contributed by atoms with van der Waals surface area (Å²) in [6.07, 6.45) is -1.45. The van der Waals surface area contributed by atoms with E-state index in [1.165, 1.54) is 26.4 Å². The highest BCUT2D eigenvalue weighted by atomic mass is 16.5. The van der Waals surface area contributed by atoms with Crippen LogP contribution in [0.3, 0.4) is 0 Å². The van der Waals surface area contributed by atoms with Crippen molar-refractivity contribution in [2.75, 3.05) is 33.6 Å². The van der Waals surface area contributed by atoms with Gasteiger partial charge in [0.15, 0.2) is 6.10 Å². The molecule has 0 saturated heterocycles. The van der Waals surface area contributed by atoms with E-state index < -0.39 is 18.0 Å². The van der Waals surface area contributed by atoms with Crippen molar-refractivity contribution in [2.45, 2.75) is 6.10 Å². The highest BCUT2D eigenvalue weighted by Gasteiger charge is 2.19. The number of aliphatic hydroxyl groups excluding tert-OH is 1. The smallest absolute Gasteiger partial charge is 0.336 e. The lowest BCUT2D eigenvalue weighted by molar-refractivity contribution is -0.149. The summed E-state index contributed by atoms with van der Waals surface area (Å²) in [6, 6.07) is 2.97. The molecule has 8 nitrogen and oxygen atoms in total. The first-order valence-electron chi connectivity index (χ1n) is 6.00. The minimum absolute atomic E-state index is 0.114. The predicted molar refractivity (Wildman–Crippen MR) is 74.3 cm³/mol. The van der Waals surface area contributed by atoms with Crippen molar-refractivity contribution in [1.82, 2.24) is 5.32 Å². The fourth-order valence-electron chi connectivity index (χ4n) is 1.58. The molecule has 0 heterocycles. The van der Waals surface area contributed by atoms with Crippen LogP contribution in [0.5, 0.6) is 11.5 Å². The third-order valence-corrected chi connectivity index (χ3v) is 2.75. The van der Waals surface area contributed by atoms with E-state index in [1.54, 1.807) is 0 Å². The minimum Gasteiger partial charge on any atom is -0.497 e. The number of rotatable bonds is 6. The van der Waals surface area contributed by atoms with Crippen LogP contribution in [0.15, 0.2) is 12.1 Å². The molecule has 1 aromatic carbocycles. The normalized spacial score (nSPS) is 11.4. The molecule has 1 rings (SSSR count). The quantitative estimate of drug-likeness (QED) is 0.480. The van der Waals surface area contributed by atoms with Gasteiger partial charge in [-0.25, -0.2) is 4.79 Å². The van der Waals surface area contributed by atoms with Crippen LogP contribution < -0.4 is 20.5 Å². The van der Waals surface area contributed by atoms with E-state index in [0.717, 1.165) is 7.11 Å². The molecule has 4 N–H and O–H groups in total. The Morgan fingerprint density at radius 1 is 1.29 bits per heavy atom. The van der Waals surface area contributed by atoms with Crippen LogP contribution in [-0.4, -0.2) is 51.0 Å². The van der Waals surface area contributed by atoms with Gasteiger partial charge in [-0.3, -0.25) is 4.79 Å². The Morgan fingerprint density at radius 2 is 1.95 bits per heavy atom. The van der Waals surface area contributed by atoms with Gasteiger partial charge in [0.1, 0.15) is 11.5 Å². The highest BCUT2D eigenvalue weighted by molar-refractivity contribution is 6.01. The van der Waals surface area contributed by atoms with E-state index in [0.29, 0.717) is 5.75 Å². The van der Waals surface area contributed by atoms with Crippen LogP contribution >= 0.6 is 0 Å². The zero-order chi connectivity index (χ0) is 16.0. The van der Waals surface area contributed by atoms with Crippen LogP contribution in [-0.2, 0) is 9.53 Å². The van der Waals surface area contributed by atoms with Gasteiger partial charge in [-0.15, -0.1) is 0 Å². The number of methoxy groups -OCH3 is 3. The average molecular weight is 298 g/mol. The Morgan fingerprint density at radius 3 is 2.48 bits per heavy atom. The first-order valence-corrected chi connectivity index (χ1v) is 6.00. The molecule has 116 valence electrons. The number of carbonyl (C=O) groups is 2. The number of aliphatic hydroxyl groups is 1. The van der Waals surface area contributed by atoms with Crippen molar-refractivity contribution in [3.63, 3.8) is 0 Å². The summed E-state index contributed by atoms with van der Waals surface area (Å²) in [7, 11) is 3.99. The summed E-state index contributed by atoms with van der Waals surface area (Å²) in [5.74, 6) is -0.744. The Hall–Kier alpha value is -2.48. The molecule has 0 aliphatic carbocycles. The molecular weight excluding hydrogens is 280 g/mol. The van der Waals surface area contributed by atoms with Gasteiger partial charge in [0.2, 0.25) is 0 Å². The number of carbonyl (C=O) groups excluding carboxylic acids is 2. The van der Waals surface area contributed by atoms with Crippen molar-refractivity contribution in [3.05, 3.63) is 17.7 Å². The second-order valence-corrected chi connectivity index (χ2v) is 4.04. The fourth-order valence-corrected chi connectivity index (χ4v) is 1.58. The molecule has 1 unspecified atom stereocenters. The second-order valence-electron chi connectivity index (χ2n) is 4.04. The SMILES string of the molecule is COC(=O)C(O)CNC(=O)c1cc(OC)cc(OC)c1N. The molecular formula is C13H18N2O6. The van der Waals surface area contributed by atoms with E-state index in [4.69, 9.17) is 15.2 Å². The van der Waals surface area contributed by atoms with Crippen molar-refractivity contribution >= 4 is 17.6 Å². The van der Waals surface area contributed by atoms with Gasteiger partial charge in [-0.1, -0.05) is 0 Å². The molecule has 0 radical (unpaired) electrons. The maximum absolute atomic E-state index is 12.1. The summed E-state index contributed by atoms with van der Waals surface area (Å²) in [6.45, 7) is -0.301. The predicted octanol–water partition coefficient (Wildman–Crippen LogP) is -0.450. The Labute approximate surface area is 121 Å². The number of esters is 1. The van der Waals surface area contributed by atoms with E-state index >= 15 is 0 Å². The molecule has 0 aromatic heterocycles. The monoisotopic (exact) mass is 298 g/mol. The zero-order valence-corrected chi connectivity index (χ0v) is 12.0. The van der Waals surface area contributed by atoms with Gasteiger partial charge in [0.05, 0.1) is 39.1 Å². The van der Waals surface area contributed by atoms with Gasteiger partial charge in [-0.2, -0.15) is 0 Å². The van der Waals surface area contributed by atoms with Crippen LogP contribution in [0.25, 0.3) is 0 Å². The van der Waals surface area contributed by atoms with E-state index in [2.05, 4.69) is 10.1 Å². The standard InChI is InChI=1S/C13H18N2O6/c1-19-7-4-8(11(14)10(5-7)20-2)12(17)15-6-9(16)13(18)21-3/h4-5,9,16H,6,14H2,1-3H3,(H,15,17). The summed E-state index contributed by atoms with van der Waals surface area (Å²) in [4.78, 5) is 23.1. The number of hydrogen-bond acceptors (Lipinski definition) is 7. The second kappa shape index (κ2) is 7.34. The van der Waals surface area contributed by atoms with E-state index in [9.17, 15) is 14.7 Å². The van der Waals surface area contributed by atoms with E-state index in [-0.39, 0.29) is 23.5 Å². The summed E-state index contributed by atoms with van der Waals surface area (Å²) in [5.41, 5.74) is 6.06. The largest absolute Gasteiger partial charge is 0.497 e. The van der Waals surface area contributed by atoms with Gasteiger partial charge in [0.25, 0.3) is 5.91 Å². The van der Waals surface area contributed by atoms with Crippen molar-refractivity contribution < 1.29 is 28.9 Å². The first kappa shape index (κ1) is 16.6. The number of nitrogens with one attached hydrogen (secondary N) is 1. The molecule has 1 aromatic rings. The molecule has 8 heteroatoms. The number of anilines is 1. The lowest BCUT2D eigenvalue weighted by Gasteiger charge is -2.14. The van der Waals surface area contributed by atoms with Crippen molar-refractivity contribution in [1.29, 1.82) is 0 Å². The average Bonchev–Trinajstić information content (AvgIpc) is 2.51. The molecule has 0 spiro atoms. The summed E-state index contributed by atoms with van der Waals surface area (Å²) >= 11 is 0. The molecule has 0 bridgehead atoms. The Balaban J connectivity index is 2.89. The molecule has 21 heavy (non-hydrogen) atoms. The summed E-state index contributed by atoms with van der Waals surface area (Å²) < 4.78 is 14.4. The van der Waals surface area contributed by atoms with Gasteiger partial charge in [-0.05, 0) is 6.07 Å². The van der Waals surface area contributed by atoms with Crippen LogP contribution in [0.2, 0.25) is 0 Å². The molecule has 0 fully saturated rings. The maximum Gasteiger partial charge on any atom is 0.336 e. The molecule has 1 amide bonds. The van der Waals surface area contributed by atoms with E-state index in [1.807, 2.05) is 0 Å². The Kier molecular flexibility index (Phi) is 5.79. The number of hydrogen-bond donors (Lipinski definition) is 3. The minimum atomic E-state index is -1.45. The van der Waals surface area contributed by atoms with Gasteiger partial charge >= 0.3 is 5.97 Å². The molecule has 0 aliphatic heterocycles. The Bertz CT molecular complexity index is 532. The zero-order valence-electron chi connectivity index (χ0n) is 12.0. The first-order chi connectivity index (χ1) is 9.94. The van der Waals surface area contributed by atoms with Gasteiger partial charge < -0.3 is 30.4 Å². The third-order valence-electron chi connectivity index (χ3n) is 2.75. The fraction of sp³-hybridized carbons (Fsp3) is 0.385. The van der Waals surface area contributed by atoms with Crippen molar-refractivity contribution in [3.8, 4) is 11.5 Å². The third kappa shape index (κ3) is 3.99. The van der Waals surface area contributed by atoms with Crippen molar-refractivity contribution in [2.24, 2.45) is 0 Å². The van der Waals surface area contributed by atoms with Crippen LogP contribution in [0.1, 0.15) is 10.4 Å². The topological polar surface area (TPSA) is 120 Å². The lowest BCUT2D eigenvalue weighted by Crippen LogP contribution is -2.37. The molecule has 0 saturated carbocycles. The highest BCUT2D eigenvalue weighted by Crippen LogP contribution is 2.30. The number of amides is 1. The van der Waals surface area contributed by atoms with Crippen LogP contribution in [0, 0.1) is 0 Å². The van der Waals surface area contributed by atoms with Gasteiger partial charge in [0, 0.05) is 6.07 Å². The number of benzene rings is 1. The molecule has 1 atom stereocenters. The van der Waals surface area contributed by atoms with Crippen LogP contribution in [0.4, 0.5) is 5.69 Å². The number of nitrogen functional groups attached to an aromatic ring is 1. The lowest BCUT2D eigenvalue weighted by atomic mass is 10.1. The number of ether oxygens (including phenoxy) is 3.